The average molecular weight is 185 g/mol. The van der Waals surface area contributed by atoms with E-state index in [2.05, 4.69) is 25.8 Å². The zero-order valence-electron chi connectivity index (χ0n) is 9.31. The van der Waals surface area contributed by atoms with Crippen LogP contribution >= 0.6 is 0 Å². The van der Waals surface area contributed by atoms with Crippen molar-refractivity contribution in [3.8, 4) is 0 Å². The molecule has 0 aromatic heterocycles. The van der Waals surface area contributed by atoms with Crippen LogP contribution in [0, 0.1) is 5.41 Å². The molecule has 0 N–H and O–H groups in total. The molecule has 0 aliphatic carbocycles. The minimum Gasteiger partial charge on any atom is -0.381 e. The third-order valence-electron chi connectivity index (χ3n) is 3.41. The van der Waals surface area contributed by atoms with Crippen molar-refractivity contribution in [3.05, 3.63) is 0 Å². The van der Waals surface area contributed by atoms with Crippen LogP contribution in [0.3, 0.4) is 0 Å². The highest BCUT2D eigenvalue weighted by molar-refractivity contribution is 4.83. The Labute approximate surface area is 82.3 Å². The second-order valence-corrected chi connectivity index (χ2v) is 4.29. The largest absolute Gasteiger partial charge is 0.381 e. The summed E-state index contributed by atoms with van der Waals surface area (Å²) in [4.78, 5) is 2.42. The maximum Gasteiger partial charge on any atom is 0.0523 e. The molecule has 0 unspecified atom stereocenters. The van der Waals surface area contributed by atoms with E-state index in [1.165, 1.54) is 32.4 Å². The number of likely N-dealkylation sites (tertiary alicyclic amines) is 1. The van der Waals surface area contributed by atoms with E-state index in [0.29, 0.717) is 5.41 Å². The molecule has 1 aliphatic heterocycles. The van der Waals surface area contributed by atoms with Gasteiger partial charge in [-0.05, 0) is 51.7 Å². The van der Waals surface area contributed by atoms with Gasteiger partial charge >= 0.3 is 0 Å². The van der Waals surface area contributed by atoms with E-state index in [-0.39, 0.29) is 0 Å². The van der Waals surface area contributed by atoms with Crippen LogP contribution in [-0.2, 0) is 4.74 Å². The minimum atomic E-state index is 0.489. The molecule has 0 bridgehead atoms. The Morgan fingerprint density at radius 2 is 1.85 bits per heavy atom. The third-order valence-corrected chi connectivity index (χ3v) is 3.41. The van der Waals surface area contributed by atoms with Crippen LogP contribution in [0.4, 0.5) is 0 Å². The molecule has 1 aliphatic rings. The predicted octanol–water partition coefficient (Wildman–Crippen LogP) is 2.14. The van der Waals surface area contributed by atoms with E-state index < -0.39 is 0 Å². The Bertz CT molecular complexity index is 134. The van der Waals surface area contributed by atoms with Crippen molar-refractivity contribution in [3.63, 3.8) is 0 Å². The second kappa shape index (κ2) is 4.97. The molecule has 1 saturated heterocycles. The number of ether oxygens (including phenoxy) is 1. The SMILES string of the molecule is CCOCC1(CC)CCN(C)CC1. The van der Waals surface area contributed by atoms with Gasteiger partial charge in [0.05, 0.1) is 6.61 Å². The number of nitrogens with zero attached hydrogens (tertiary/aromatic N) is 1. The van der Waals surface area contributed by atoms with Gasteiger partial charge in [-0.15, -0.1) is 0 Å². The summed E-state index contributed by atoms with van der Waals surface area (Å²) in [5.74, 6) is 0. The van der Waals surface area contributed by atoms with Gasteiger partial charge in [0, 0.05) is 6.61 Å². The summed E-state index contributed by atoms with van der Waals surface area (Å²) >= 11 is 0. The molecule has 2 heteroatoms. The molecule has 1 fully saturated rings. The fourth-order valence-corrected chi connectivity index (χ4v) is 2.01. The topological polar surface area (TPSA) is 12.5 Å². The number of piperidine rings is 1. The molecule has 1 rings (SSSR count). The number of hydrogen-bond acceptors (Lipinski definition) is 2. The molecular formula is C11H23NO. The van der Waals surface area contributed by atoms with E-state index in [1.54, 1.807) is 0 Å². The van der Waals surface area contributed by atoms with Gasteiger partial charge in [-0.2, -0.15) is 0 Å². The average Bonchev–Trinajstić information content (AvgIpc) is 2.18. The summed E-state index contributed by atoms with van der Waals surface area (Å²) in [7, 11) is 2.21. The van der Waals surface area contributed by atoms with E-state index >= 15 is 0 Å². The fourth-order valence-electron chi connectivity index (χ4n) is 2.01. The van der Waals surface area contributed by atoms with Gasteiger partial charge in [-0.25, -0.2) is 0 Å². The molecule has 0 aromatic carbocycles. The standard InChI is InChI=1S/C11H23NO/c1-4-11(10-13-5-2)6-8-12(3)9-7-11/h4-10H2,1-3H3. The highest BCUT2D eigenvalue weighted by Crippen LogP contribution is 2.34. The van der Waals surface area contributed by atoms with E-state index in [1.807, 2.05) is 0 Å². The monoisotopic (exact) mass is 185 g/mol. The van der Waals surface area contributed by atoms with Crippen molar-refractivity contribution < 1.29 is 4.74 Å². The van der Waals surface area contributed by atoms with Crippen LogP contribution in [0.2, 0.25) is 0 Å². The quantitative estimate of drug-likeness (QED) is 0.665. The first-order chi connectivity index (χ1) is 6.22. The van der Waals surface area contributed by atoms with Crippen LogP contribution < -0.4 is 0 Å². The molecule has 2 nitrogen and oxygen atoms in total. The van der Waals surface area contributed by atoms with Gasteiger partial charge in [0.2, 0.25) is 0 Å². The Hall–Kier alpha value is -0.0800. The van der Waals surface area contributed by atoms with Gasteiger partial charge in [0.25, 0.3) is 0 Å². The van der Waals surface area contributed by atoms with Crippen molar-refractivity contribution in [1.29, 1.82) is 0 Å². The molecule has 0 saturated carbocycles. The Kier molecular flexibility index (Phi) is 4.20. The molecule has 0 aromatic rings. The van der Waals surface area contributed by atoms with Crippen molar-refractivity contribution in [2.24, 2.45) is 5.41 Å². The van der Waals surface area contributed by atoms with Crippen LogP contribution in [0.1, 0.15) is 33.1 Å². The van der Waals surface area contributed by atoms with Crippen LogP contribution in [-0.4, -0.2) is 38.3 Å². The van der Waals surface area contributed by atoms with Crippen LogP contribution in [0.15, 0.2) is 0 Å². The van der Waals surface area contributed by atoms with Gasteiger partial charge in [-0.1, -0.05) is 6.92 Å². The predicted molar refractivity (Wildman–Crippen MR) is 55.9 cm³/mol. The molecule has 0 amide bonds. The van der Waals surface area contributed by atoms with Gasteiger partial charge < -0.3 is 9.64 Å². The maximum absolute atomic E-state index is 5.58. The lowest BCUT2D eigenvalue weighted by Crippen LogP contribution is -2.40. The van der Waals surface area contributed by atoms with Crippen LogP contribution in [0.5, 0.6) is 0 Å². The Morgan fingerprint density at radius 3 is 2.31 bits per heavy atom. The second-order valence-electron chi connectivity index (χ2n) is 4.29. The first-order valence-corrected chi connectivity index (χ1v) is 5.49. The molecular weight excluding hydrogens is 162 g/mol. The number of hydrogen-bond donors (Lipinski definition) is 0. The third kappa shape index (κ3) is 2.96. The molecule has 1 heterocycles. The summed E-state index contributed by atoms with van der Waals surface area (Å²) in [6, 6.07) is 0. The van der Waals surface area contributed by atoms with E-state index in [4.69, 9.17) is 4.74 Å². The minimum absolute atomic E-state index is 0.489. The van der Waals surface area contributed by atoms with Crippen molar-refractivity contribution in [2.45, 2.75) is 33.1 Å². The highest BCUT2D eigenvalue weighted by atomic mass is 16.5. The Morgan fingerprint density at radius 1 is 1.23 bits per heavy atom. The fraction of sp³-hybridized carbons (Fsp3) is 1.00. The van der Waals surface area contributed by atoms with Crippen molar-refractivity contribution in [1.82, 2.24) is 4.90 Å². The molecule has 0 spiro atoms. The molecule has 13 heavy (non-hydrogen) atoms. The lowest BCUT2D eigenvalue weighted by molar-refractivity contribution is 0.00718. The molecule has 0 atom stereocenters. The summed E-state index contributed by atoms with van der Waals surface area (Å²) in [6.45, 7) is 8.68. The summed E-state index contributed by atoms with van der Waals surface area (Å²) < 4.78 is 5.58. The maximum atomic E-state index is 5.58. The lowest BCUT2D eigenvalue weighted by Gasteiger charge is -2.39. The van der Waals surface area contributed by atoms with Gasteiger partial charge in [-0.3, -0.25) is 0 Å². The first kappa shape index (κ1) is 11.0. The van der Waals surface area contributed by atoms with E-state index in [0.717, 1.165) is 13.2 Å². The normalized spacial score (nSPS) is 23.3. The number of rotatable bonds is 4. The summed E-state index contributed by atoms with van der Waals surface area (Å²) in [6.07, 6.45) is 3.88. The van der Waals surface area contributed by atoms with Crippen LogP contribution in [0.25, 0.3) is 0 Å². The summed E-state index contributed by atoms with van der Waals surface area (Å²) in [5, 5.41) is 0. The lowest BCUT2D eigenvalue weighted by atomic mass is 9.77. The van der Waals surface area contributed by atoms with Crippen molar-refractivity contribution >= 4 is 0 Å². The van der Waals surface area contributed by atoms with E-state index in [9.17, 15) is 0 Å². The zero-order valence-corrected chi connectivity index (χ0v) is 9.31. The highest BCUT2D eigenvalue weighted by Gasteiger charge is 2.31. The van der Waals surface area contributed by atoms with Gasteiger partial charge in [0.15, 0.2) is 0 Å². The first-order valence-electron chi connectivity index (χ1n) is 5.49. The molecule has 0 radical (unpaired) electrons. The smallest absolute Gasteiger partial charge is 0.0523 e. The molecule has 78 valence electrons. The van der Waals surface area contributed by atoms with Crippen molar-refractivity contribution in [2.75, 3.05) is 33.4 Å². The van der Waals surface area contributed by atoms with Gasteiger partial charge in [0.1, 0.15) is 0 Å². The summed E-state index contributed by atoms with van der Waals surface area (Å²) in [5.41, 5.74) is 0.489. The zero-order chi connectivity index (χ0) is 9.73. The Balaban J connectivity index is 2.40.